The number of hydrogen-bond donors (Lipinski definition) is 2. The standard InChI is InChI=1S/C17H19FN2OS/c1-10-14(11-6-8-12(18)9-7-11)15(16(19)22-10)17(21)20-13-4-2-3-5-13/h6-9,13H,2-5,19H2,1H3,(H,20,21). The molecule has 1 saturated carbocycles. The number of amides is 1. The van der Waals surface area contributed by atoms with E-state index in [1.165, 1.54) is 23.5 Å². The van der Waals surface area contributed by atoms with Gasteiger partial charge in [-0.2, -0.15) is 0 Å². The zero-order valence-corrected chi connectivity index (χ0v) is 13.3. The van der Waals surface area contributed by atoms with E-state index < -0.39 is 0 Å². The van der Waals surface area contributed by atoms with Crippen molar-refractivity contribution in [2.24, 2.45) is 0 Å². The van der Waals surface area contributed by atoms with Crippen LogP contribution in [0, 0.1) is 12.7 Å². The lowest BCUT2D eigenvalue weighted by Gasteiger charge is -2.13. The van der Waals surface area contributed by atoms with Crippen LogP contribution in [0.1, 0.15) is 40.9 Å². The molecule has 0 unspecified atom stereocenters. The Morgan fingerprint density at radius 3 is 2.55 bits per heavy atom. The lowest BCUT2D eigenvalue weighted by Crippen LogP contribution is -2.33. The van der Waals surface area contributed by atoms with Gasteiger partial charge in [-0.15, -0.1) is 11.3 Å². The van der Waals surface area contributed by atoms with E-state index in [-0.39, 0.29) is 17.8 Å². The zero-order chi connectivity index (χ0) is 15.7. The maximum atomic E-state index is 13.1. The van der Waals surface area contributed by atoms with Crippen LogP contribution < -0.4 is 11.1 Å². The number of halogens is 1. The van der Waals surface area contributed by atoms with Gasteiger partial charge in [-0.1, -0.05) is 25.0 Å². The van der Waals surface area contributed by atoms with E-state index in [0.29, 0.717) is 10.6 Å². The van der Waals surface area contributed by atoms with Gasteiger partial charge in [0.25, 0.3) is 5.91 Å². The second kappa shape index (κ2) is 6.08. The van der Waals surface area contributed by atoms with Gasteiger partial charge >= 0.3 is 0 Å². The number of benzene rings is 1. The van der Waals surface area contributed by atoms with E-state index in [9.17, 15) is 9.18 Å². The van der Waals surface area contributed by atoms with Crippen molar-refractivity contribution in [3.05, 3.63) is 40.5 Å². The van der Waals surface area contributed by atoms with Crippen molar-refractivity contribution in [3.63, 3.8) is 0 Å². The van der Waals surface area contributed by atoms with Gasteiger partial charge in [-0.25, -0.2) is 4.39 Å². The first kappa shape index (κ1) is 15.0. The monoisotopic (exact) mass is 318 g/mol. The average Bonchev–Trinajstić information content (AvgIpc) is 3.07. The lowest BCUT2D eigenvalue weighted by molar-refractivity contribution is 0.0940. The number of nitrogens with one attached hydrogen (secondary N) is 1. The Hall–Kier alpha value is -1.88. The number of anilines is 1. The number of carbonyl (C=O) groups is 1. The van der Waals surface area contributed by atoms with Gasteiger partial charge in [0.2, 0.25) is 0 Å². The van der Waals surface area contributed by atoms with Crippen LogP contribution in [0.5, 0.6) is 0 Å². The molecule has 1 aromatic heterocycles. The fourth-order valence-corrected chi connectivity index (χ4v) is 4.03. The fraction of sp³-hybridized carbons (Fsp3) is 0.353. The molecule has 0 saturated heterocycles. The number of nitrogens with two attached hydrogens (primary N) is 1. The van der Waals surface area contributed by atoms with Crippen LogP contribution in [0.2, 0.25) is 0 Å². The van der Waals surface area contributed by atoms with E-state index in [2.05, 4.69) is 5.32 Å². The molecule has 1 fully saturated rings. The molecule has 5 heteroatoms. The summed E-state index contributed by atoms with van der Waals surface area (Å²) in [6.07, 6.45) is 4.38. The van der Waals surface area contributed by atoms with Gasteiger partial charge in [0.05, 0.1) is 10.6 Å². The number of carbonyl (C=O) groups excluding carboxylic acids is 1. The third-order valence-electron chi connectivity index (χ3n) is 4.16. The second-order valence-electron chi connectivity index (χ2n) is 5.73. The highest BCUT2D eigenvalue weighted by atomic mass is 32.1. The summed E-state index contributed by atoms with van der Waals surface area (Å²) < 4.78 is 13.1. The SMILES string of the molecule is Cc1sc(N)c(C(=O)NC2CCCC2)c1-c1ccc(F)cc1. The largest absolute Gasteiger partial charge is 0.390 e. The Labute approximate surface area is 133 Å². The third kappa shape index (κ3) is 2.86. The van der Waals surface area contributed by atoms with Gasteiger partial charge in [0.15, 0.2) is 0 Å². The summed E-state index contributed by atoms with van der Waals surface area (Å²) in [5.41, 5.74) is 8.24. The van der Waals surface area contributed by atoms with Crippen LogP contribution >= 0.6 is 11.3 Å². The number of nitrogen functional groups attached to an aromatic ring is 1. The molecular weight excluding hydrogens is 299 g/mol. The number of rotatable bonds is 3. The number of aryl methyl sites for hydroxylation is 1. The molecule has 3 nitrogen and oxygen atoms in total. The minimum atomic E-state index is -0.290. The highest BCUT2D eigenvalue weighted by Crippen LogP contribution is 2.38. The smallest absolute Gasteiger partial charge is 0.255 e. The zero-order valence-electron chi connectivity index (χ0n) is 12.5. The Morgan fingerprint density at radius 2 is 1.91 bits per heavy atom. The summed E-state index contributed by atoms with van der Waals surface area (Å²) in [4.78, 5) is 13.6. The fourth-order valence-electron chi connectivity index (χ4n) is 3.08. The molecule has 0 aliphatic heterocycles. The van der Waals surface area contributed by atoms with E-state index in [4.69, 9.17) is 5.73 Å². The van der Waals surface area contributed by atoms with Crippen molar-refractivity contribution in [2.45, 2.75) is 38.6 Å². The summed E-state index contributed by atoms with van der Waals surface area (Å²) in [6.45, 7) is 1.94. The summed E-state index contributed by atoms with van der Waals surface area (Å²) in [6, 6.07) is 6.43. The number of thiophene rings is 1. The van der Waals surface area contributed by atoms with E-state index in [0.717, 1.165) is 41.7 Å². The molecular formula is C17H19FN2OS. The van der Waals surface area contributed by atoms with Crippen LogP contribution in [0.4, 0.5) is 9.39 Å². The van der Waals surface area contributed by atoms with Gasteiger partial charge < -0.3 is 11.1 Å². The molecule has 116 valence electrons. The van der Waals surface area contributed by atoms with Gasteiger partial charge in [0.1, 0.15) is 5.82 Å². The van der Waals surface area contributed by atoms with Crippen LogP contribution in [0.3, 0.4) is 0 Å². The Bertz CT molecular complexity index is 687. The van der Waals surface area contributed by atoms with Crippen LogP contribution in [-0.2, 0) is 0 Å². The van der Waals surface area contributed by atoms with E-state index >= 15 is 0 Å². The van der Waals surface area contributed by atoms with Crippen LogP contribution in [-0.4, -0.2) is 11.9 Å². The Morgan fingerprint density at radius 1 is 1.27 bits per heavy atom. The van der Waals surface area contributed by atoms with Crippen molar-refractivity contribution in [1.82, 2.24) is 5.32 Å². The second-order valence-corrected chi connectivity index (χ2v) is 6.99. The Kier molecular flexibility index (Phi) is 4.16. The normalized spacial score (nSPS) is 15.2. The Balaban J connectivity index is 1.96. The molecule has 1 amide bonds. The molecule has 1 heterocycles. The predicted octanol–water partition coefficient (Wildman–Crippen LogP) is 4.12. The highest BCUT2D eigenvalue weighted by molar-refractivity contribution is 7.16. The van der Waals surface area contributed by atoms with Crippen molar-refractivity contribution in [3.8, 4) is 11.1 Å². The first-order valence-electron chi connectivity index (χ1n) is 7.52. The molecule has 0 bridgehead atoms. The molecule has 1 aromatic carbocycles. The maximum Gasteiger partial charge on any atom is 0.255 e. The van der Waals surface area contributed by atoms with Crippen LogP contribution in [0.15, 0.2) is 24.3 Å². The first-order valence-corrected chi connectivity index (χ1v) is 8.33. The molecule has 0 spiro atoms. The quantitative estimate of drug-likeness (QED) is 0.894. The van der Waals surface area contributed by atoms with Crippen LogP contribution in [0.25, 0.3) is 11.1 Å². The van der Waals surface area contributed by atoms with Crippen molar-refractivity contribution in [2.75, 3.05) is 5.73 Å². The number of hydrogen-bond acceptors (Lipinski definition) is 3. The molecule has 22 heavy (non-hydrogen) atoms. The van der Waals surface area contributed by atoms with Crippen molar-refractivity contribution in [1.29, 1.82) is 0 Å². The molecule has 0 atom stereocenters. The van der Waals surface area contributed by atoms with Gasteiger partial charge in [-0.05, 0) is 37.5 Å². The summed E-state index contributed by atoms with van der Waals surface area (Å²) in [7, 11) is 0. The molecule has 0 radical (unpaired) electrons. The molecule has 3 N–H and O–H groups in total. The summed E-state index contributed by atoms with van der Waals surface area (Å²) >= 11 is 1.40. The van der Waals surface area contributed by atoms with Gasteiger partial charge in [0, 0.05) is 16.5 Å². The molecule has 2 aromatic rings. The van der Waals surface area contributed by atoms with E-state index in [1.54, 1.807) is 12.1 Å². The van der Waals surface area contributed by atoms with Crippen molar-refractivity contribution < 1.29 is 9.18 Å². The third-order valence-corrected chi connectivity index (χ3v) is 5.10. The summed E-state index contributed by atoms with van der Waals surface area (Å²) in [5, 5.41) is 3.61. The minimum Gasteiger partial charge on any atom is -0.390 e. The topological polar surface area (TPSA) is 55.1 Å². The van der Waals surface area contributed by atoms with Crippen molar-refractivity contribution >= 4 is 22.2 Å². The molecule has 1 aliphatic carbocycles. The lowest BCUT2D eigenvalue weighted by atomic mass is 10.0. The molecule has 3 rings (SSSR count). The predicted molar refractivity (Wildman–Crippen MR) is 88.6 cm³/mol. The van der Waals surface area contributed by atoms with Gasteiger partial charge in [-0.3, -0.25) is 4.79 Å². The first-order chi connectivity index (χ1) is 10.6. The highest BCUT2D eigenvalue weighted by Gasteiger charge is 2.25. The minimum absolute atomic E-state index is 0.118. The average molecular weight is 318 g/mol. The molecule has 1 aliphatic rings. The summed E-state index contributed by atoms with van der Waals surface area (Å²) in [5.74, 6) is -0.408. The van der Waals surface area contributed by atoms with E-state index in [1.807, 2.05) is 6.92 Å². The maximum absolute atomic E-state index is 13.1.